The quantitative estimate of drug-likeness (QED) is 0.918. The van der Waals surface area contributed by atoms with Gasteiger partial charge in [-0.1, -0.05) is 6.07 Å². The topological polar surface area (TPSA) is 79.4 Å². The molecule has 6 nitrogen and oxygen atoms in total. The van der Waals surface area contributed by atoms with Crippen LogP contribution in [0.3, 0.4) is 0 Å². The molecule has 0 aliphatic carbocycles. The van der Waals surface area contributed by atoms with Gasteiger partial charge >= 0.3 is 0 Å². The summed E-state index contributed by atoms with van der Waals surface area (Å²) in [5.74, 6) is -0.0210. The molecule has 2 aromatic rings. The fourth-order valence-electron chi connectivity index (χ4n) is 2.65. The lowest BCUT2D eigenvalue weighted by molar-refractivity contribution is 0.0951. The van der Waals surface area contributed by atoms with Crippen LogP contribution in [0.1, 0.15) is 28.8 Å². The zero-order valence-corrected chi connectivity index (χ0v) is 14.0. The Morgan fingerprint density at radius 2 is 1.96 bits per heavy atom. The number of benzene rings is 1. The highest BCUT2D eigenvalue weighted by Crippen LogP contribution is 2.23. The van der Waals surface area contributed by atoms with E-state index >= 15 is 0 Å². The number of carbonyl (C=O) groups is 1. The largest absolute Gasteiger partial charge is 0.348 e. The third kappa shape index (κ3) is 3.73. The van der Waals surface area contributed by atoms with E-state index < -0.39 is 10.0 Å². The molecule has 7 heteroatoms. The monoisotopic (exact) mass is 345 g/mol. The fraction of sp³-hybridized carbons (Fsp3) is 0.294. The maximum absolute atomic E-state index is 12.2. The summed E-state index contributed by atoms with van der Waals surface area (Å²) >= 11 is 0. The molecule has 24 heavy (non-hydrogen) atoms. The second-order valence-electron chi connectivity index (χ2n) is 5.69. The van der Waals surface area contributed by atoms with Gasteiger partial charge in [0.05, 0.1) is 11.4 Å². The van der Waals surface area contributed by atoms with Crippen LogP contribution in [-0.4, -0.2) is 31.6 Å². The molecule has 1 amide bonds. The van der Waals surface area contributed by atoms with Crippen LogP contribution in [0.4, 0.5) is 5.69 Å². The normalized spacial score (nSPS) is 16.6. The van der Waals surface area contributed by atoms with Crippen molar-refractivity contribution in [2.75, 3.05) is 16.6 Å². The Balaban J connectivity index is 1.66. The van der Waals surface area contributed by atoms with Crippen LogP contribution >= 0.6 is 0 Å². The van der Waals surface area contributed by atoms with E-state index in [1.54, 1.807) is 36.7 Å². The van der Waals surface area contributed by atoms with Crippen molar-refractivity contribution in [3.8, 4) is 0 Å². The highest BCUT2D eigenvalue weighted by molar-refractivity contribution is 7.92. The van der Waals surface area contributed by atoms with Gasteiger partial charge in [0.1, 0.15) is 0 Å². The maximum atomic E-state index is 12.2. The average Bonchev–Trinajstić information content (AvgIpc) is 2.60. The van der Waals surface area contributed by atoms with Crippen LogP contribution in [0.25, 0.3) is 0 Å². The lowest BCUT2D eigenvalue weighted by Crippen LogP contribution is -2.37. The third-order valence-corrected chi connectivity index (χ3v) is 5.81. The lowest BCUT2D eigenvalue weighted by atomic mass is 10.2. The predicted octanol–water partition coefficient (Wildman–Crippen LogP) is 1.94. The van der Waals surface area contributed by atoms with Crippen molar-refractivity contribution in [1.82, 2.24) is 10.3 Å². The number of amides is 1. The van der Waals surface area contributed by atoms with E-state index in [4.69, 9.17) is 0 Å². The van der Waals surface area contributed by atoms with Crippen LogP contribution < -0.4 is 9.62 Å². The molecule has 1 aromatic carbocycles. The lowest BCUT2D eigenvalue weighted by Gasteiger charge is -2.28. The van der Waals surface area contributed by atoms with Crippen molar-refractivity contribution >= 4 is 21.6 Å². The van der Waals surface area contributed by atoms with Crippen LogP contribution in [0.15, 0.2) is 48.8 Å². The smallest absolute Gasteiger partial charge is 0.251 e. The molecule has 0 radical (unpaired) electrons. The molecule has 3 rings (SSSR count). The molecular weight excluding hydrogens is 326 g/mol. The number of carbonyl (C=O) groups excluding carboxylic acids is 1. The first-order valence-corrected chi connectivity index (χ1v) is 9.45. The second kappa shape index (κ2) is 7.00. The van der Waals surface area contributed by atoms with E-state index in [-0.39, 0.29) is 11.7 Å². The Morgan fingerprint density at radius 3 is 2.62 bits per heavy atom. The minimum Gasteiger partial charge on any atom is -0.348 e. The van der Waals surface area contributed by atoms with Gasteiger partial charge < -0.3 is 5.32 Å². The summed E-state index contributed by atoms with van der Waals surface area (Å²) in [6.45, 7) is 0.893. The number of anilines is 1. The van der Waals surface area contributed by atoms with Gasteiger partial charge in [-0.25, -0.2) is 8.42 Å². The van der Waals surface area contributed by atoms with Crippen molar-refractivity contribution in [1.29, 1.82) is 0 Å². The zero-order chi connectivity index (χ0) is 17.0. The standard InChI is InChI=1S/C17H19N3O3S/c21-17(19-13-14-4-3-9-18-12-14)15-5-7-16(8-6-15)20-10-1-2-11-24(20,22)23/h3-9,12H,1-2,10-11,13H2,(H,19,21). The fourth-order valence-corrected chi connectivity index (χ4v) is 4.28. The average molecular weight is 345 g/mol. The van der Waals surface area contributed by atoms with Gasteiger partial charge in [0.25, 0.3) is 5.91 Å². The first-order valence-electron chi connectivity index (χ1n) is 7.84. The van der Waals surface area contributed by atoms with E-state index in [0.717, 1.165) is 12.0 Å². The second-order valence-corrected chi connectivity index (χ2v) is 7.70. The van der Waals surface area contributed by atoms with Gasteiger partial charge in [0.15, 0.2) is 0 Å². The number of hydrogen-bond acceptors (Lipinski definition) is 4. The van der Waals surface area contributed by atoms with Gasteiger partial charge in [-0.2, -0.15) is 0 Å². The molecule has 1 N–H and O–H groups in total. The molecule has 1 saturated heterocycles. The SMILES string of the molecule is O=C(NCc1cccnc1)c1ccc(N2CCCCS2(=O)=O)cc1. The summed E-state index contributed by atoms with van der Waals surface area (Å²) in [4.78, 5) is 16.2. The molecule has 0 saturated carbocycles. The molecule has 0 bridgehead atoms. The highest BCUT2D eigenvalue weighted by Gasteiger charge is 2.25. The van der Waals surface area contributed by atoms with Crippen LogP contribution in [0.5, 0.6) is 0 Å². The molecule has 0 atom stereocenters. The van der Waals surface area contributed by atoms with Gasteiger partial charge in [-0.3, -0.25) is 14.1 Å². The van der Waals surface area contributed by atoms with Crippen molar-refractivity contribution in [2.45, 2.75) is 19.4 Å². The highest BCUT2D eigenvalue weighted by atomic mass is 32.2. The number of aromatic nitrogens is 1. The van der Waals surface area contributed by atoms with Gasteiger partial charge in [-0.05, 0) is 48.7 Å². The molecular formula is C17H19N3O3S. The zero-order valence-electron chi connectivity index (χ0n) is 13.2. The van der Waals surface area contributed by atoms with Crippen molar-refractivity contribution in [3.05, 3.63) is 59.9 Å². The van der Waals surface area contributed by atoms with Crippen LogP contribution in [0, 0.1) is 0 Å². The predicted molar refractivity (Wildman–Crippen MR) is 92.2 cm³/mol. The molecule has 1 aliphatic heterocycles. The van der Waals surface area contributed by atoms with Gasteiger partial charge in [0.2, 0.25) is 10.0 Å². The van der Waals surface area contributed by atoms with E-state index in [1.807, 2.05) is 12.1 Å². The summed E-state index contributed by atoms with van der Waals surface area (Å²) in [6.07, 6.45) is 4.93. The summed E-state index contributed by atoms with van der Waals surface area (Å²) in [7, 11) is -3.23. The number of sulfonamides is 1. The number of rotatable bonds is 4. The minimum atomic E-state index is -3.23. The Labute approximate surface area is 141 Å². The first kappa shape index (κ1) is 16.4. The van der Waals surface area contributed by atoms with Crippen molar-refractivity contribution < 1.29 is 13.2 Å². The molecule has 1 aliphatic rings. The van der Waals surface area contributed by atoms with E-state index in [2.05, 4.69) is 10.3 Å². The maximum Gasteiger partial charge on any atom is 0.251 e. The van der Waals surface area contributed by atoms with Crippen LogP contribution in [-0.2, 0) is 16.6 Å². The van der Waals surface area contributed by atoms with Crippen molar-refractivity contribution in [3.63, 3.8) is 0 Å². The molecule has 1 fully saturated rings. The molecule has 126 valence electrons. The first-order chi connectivity index (χ1) is 11.6. The van der Waals surface area contributed by atoms with E-state index in [1.165, 1.54) is 4.31 Å². The Bertz CT molecular complexity index is 805. The minimum absolute atomic E-state index is 0.181. The number of nitrogens with zero attached hydrogens (tertiary/aromatic N) is 2. The molecule has 0 spiro atoms. The van der Waals surface area contributed by atoms with Gasteiger partial charge in [0, 0.05) is 31.0 Å². The van der Waals surface area contributed by atoms with E-state index in [0.29, 0.717) is 30.8 Å². The van der Waals surface area contributed by atoms with Crippen molar-refractivity contribution in [2.24, 2.45) is 0 Å². The Morgan fingerprint density at radius 1 is 1.17 bits per heavy atom. The number of nitrogens with one attached hydrogen (secondary N) is 1. The molecule has 0 unspecified atom stereocenters. The summed E-state index contributed by atoms with van der Waals surface area (Å²) in [5.41, 5.74) is 2.03. The molecule has 1 aromatic heterocycles. The Hall–Kier alpha value is -2.41. The third-order valence-electron chi connectivity index (χ3n) is 3.94. The number of hydrogen-bond donors (Lipinski definition) is 1. The molecule has 2 heterocycles. The summed E-state index contributed by atoms with van der Waals surface area (Å²) in [5, 5.41) is 2.82. The van der Waals surface area contributed by atoms with E-state index in [9.17, 15) is 13.2 Å². The Kier molecular flexibility index (Phi) is 4.80. The van der Waals surface area contributed by atoms with Crippen LogP contribution in [0.2, 0.25) is 0 Å². The van der Waals surface area contributed by atoms with Gasteiger partial charge in [-0.15, -0.1) is 0 Å². The summed E-state index contributed by atoms with van der Waals surface area (Å²) in [6, 6.07) is 10.4. The summed E-state index contributed by atoms with van der Waals surface area (Å²) < 4.78 is 25.6. The number of pyridine rings is 1.